The maximum atomic E-state index is 12.5. The highest BCUT2D eigenvalue weighted by Gasteiger charge is 2.38. The summed E-state index contributed by atoms with van der Waals surface area (Å²) >= 11 is 0. The van der Waals surface area contributed by atoms with Gasteiger partial charge < -0.3 is 10.3 Å². The smallest absolute Gasteiger partial charge is 0.427 e. The van der Waals surface area contributed by atoms with Gasteiger partial charge in [-0.15, -0.1) is 0 Å². The van der Waals surface area contributed by atoms with Gasteiger partial charge in [-0.2, -0.15) is 17.9 Å². The van der Waals surface area contributed by atoms with Gasteiger partial charge in [0.2, 0.25) is 0 Å². The molecule has 0 saturated carbocycles. The Kier molecular flexibility index (Phi) is 3.79. The van der Waals surface area contributed by atoms with Gasteiger partial charge in [-0.25, -0.2) is 4.98 Å². The zero-order valence-electron chi connectivity index (χ0n) is 8.75. The summed E-state index contributed by atoms with van der Waals surface area (Å²) in [6.07, 6.45) is -3.01. The number of imidazole rings is 1. The average Bonchev–Trinajstić information content (AvgIpc) is 2.51. The van der Waals surface area contributed by atoms with E-state index >= 15 is 0 Å². The summed E-state index contributed by atoms with van der Waals surface area (Å²) in [5, 5.41) is 18.2. The van der Waals surface area contributed by atoms with Crippen LogP contribution in [0.4, 0.5) is 13.2 Å². The molecule has 16 heavy (non-hydrogen) atoms. The highest BCUT2D eigenvalue weighted by molar-refractivity contribution is 5.18. The van der Waals surface area contributed by atoms with E-state index in [1.165, 1.54) is 0 Å². The summed E-state index contributed by atoms with van der Waals surface area (Å²) in [6.45, 7) is 0.979. The van der Waals surface area contributed by atoms with Crippen LogP contribution in [-0.2, 0) is 19.2 Å². The minimum Gasteiger partial charge on any atom is -0.427 e. The van der Waals surface area contributed by atoms with Crippen LogP contribution >= 0.6 is 0 Å². The van der Waals surface area contributed by atoms with Gasteiger partial charge in [0.15, 0.2) is 5.69 Å². The van der Waals surface area contributed by atoms with Gasteiger partial charge in [-0.3, -0.25) is 0 Å². The van der Waals surface area contributed by atoms with Crippen molar-refractivity contribution >= 4 is 0 Å². The second-order valence-electron chi connectivity index (χ2n) is 3.39. The number of hydrogen-bond donors (Lipinski definition) is 2. The van der Waals surface area contributed by atoms with E-state index in [2.05, 4.69) is 4.98 Å². The van der Waals surface area contributed by atoms with Gasteiger partial charge in [0, 0.05) is 6.42 Å². The monoisotopic (exact) mass is 238 g/mol. The molecule has 1 rings (SSSR count). The Bertz CT molecular complexity index is 360. The van der Waals surface area contributed by atoms with Gasteiger partial charge in [0.1, 0.15) is 11.5 Å². The number of aliphatic hydroxyl groups is 1. The lowest BCUT2D eigenvalue weighted by molar-refractivity contribution is -0.142. The van der Waals surface area contributed by atoms with Crippen molar-refractivity contribution in [1.82, 2.24) is 9.71 Å². The van der Waals surface area contributed by atoms with E-state index in [9.17, 15) is 18.4 Å². The second-order valence-corrected chi connectivity index (χ2v) is 3.39. The van der Waals surface area contributed by atoms with Crippen molar-refractivity contribution in [2.75, 3.05) is 0 Å². The number of unbranched alkanes of at least 4 members (excludes halogenated alkanes) is 1. The zero-order valence-corrected chi connectivity index (χ0v) is 8.75. The van der Waals surface area contributed by atoms with E-state index in [0.29, 0.717) is 11.2 Å². The number of rotatable bonds is 4. The first kappa shape index (κ1) is 12.8. The summed E-state index contributed by atoms with van der Waals surface area (Å²) in [5.41, 5.74) is -1.83. The molecule has 1 aromatic heterocycles. The lowest BCUT2D eigenvalue weighted by Gasteiger charge is -2.04. The van der Waals surface area contributed by atoms with Gasteiger partial charge in [0.05, 0.1) is 6.61 Å². The highest BCUT2D eigenvalue weighted by atomic mass is 19.4. The molecule has 1 heterocycles. The molecule has 4 nitrogen and oxygen atoms in total. The Balaban J connectivity index is 3.10. The number of aliphatic hydroxyl groups excluding tert-OH is 1. The number of aryl methyl sites for hydroxylation is 1. The fraction of sp³-hybridized carbons (Fsp3) is 0.667. The molecule has 0 fully saturated rings. The predicted octanol–water partition coefficient (Wildman–Crippen LogP) is 1.97. The van der Waals surface area contributed by atoms with Crippen LogP contribution < -0.4 is 0 Å². The lowest BCUT2D eigenvalue weighted by Crippen LogP contribution is -2.10. The molecule has 0 unspecified atom stereocenters. The number of hydrogen-bond acceptors (Lipinski definition) is 3. The predicted molar refractivity (Wildman–Crippen MR) is 48.9 cm³/mol. The summed E-state index contributed by atoms with van der Waals surface area (Å²) in [6, 6.07) is 0. The van der Waals surface area contributed by atoms with Gasteiger partial charge >= 0.3 is 6.18 Å². The van der Waals surface area contributed by atoms with Crippen LogP contribution in [0, 0.1) is 0 Å². The van der Waals surface area contributed by atoms with Crippen LogP contribution in [0.5, 0.6) is 0 Å². The molecular formula is C9H13F3N2O2. The molecular weight excluding hydrogens is 225 g/mol. The van der Waals surface area contributed by atoms with Crippen molar-refractivity contribution in [3.05, 3.63) is 17.2 Å². The molecule has 0 aliphatic rings. The fourth-order valence-corrected chi connectivity index (χ4v) is 1.36. The van der Waals surface area contributed by atoms with Crippen molar-refractivity contribution < 1.29 is 23.5 Å². The van der Waals surface area contributed by atoms with Crippen molar-refractivity contribution in [2.45, 2.75) is 39.0 Å². The third-order valence-corrected chi connectivity index (χ3v) is 2.19. The van der Waals surface area contributed by atoms with E-state index in [4.69, 9.17) is 5.11 Å². The molecule has 0 spiro atoms. The summed E-state index contributed by atoms with van der Waals surface area (Å²) in [4.78, 5) is 3.32. The summed E-state index contributed by atoms with van der Waals surface area (Å²) in [5.74, 6) is -0.0711. The molecule has 0 atom stereocenters. The first-order valence-corrected chi connectivity index (χ1v) is 4.89. The van der Waals surface area contributed by atoms with E-state index in [1.807, 2.05) is 6.92 Å². The summed E-state index contributed by atoms with van der Waals surface area (Å²) < 4.78 is 37.7. The SMILES string of the molecule is CCCCc1nc(C(F)(F)F)c(CO)n1O. The quantitative estimate of drug-likeness (QED) is 0.788. The van der Waals surface area contributed by atoms with Crippen molar-refractivity contribution in [3.63, 3.8) is 0 Å². The molecule has 0 amide bonds. The van der Waals surface area contributed by atoms with Crippen molar-refractivity contribution in [3.8, 4) is 0 Å². The zero-order chi connectivity index (χ0) is 12.3. The Hall–Kier alpha value is -1.24. The third kappa shape index (κ3) is 2.46. The Morgan fingerprint density at radius 3 is 2.38 bits per heavy atom. The van der Waals surface area contributed by atoms with Crippen LogP contribution in [0.3, 0.4) is 0 Å². The number of halogens is 3. The molecule has 92 valence electrons. The molecule has 0 aliphatic carbocycles. The van der Waals surface area contributed by atoms with Crippen molar-refractivity contribution in [2.24, 2.45) is 0 Å². The first-order valence-electron chi connectivity index (χ1n) is 4.89. The van der Waals surface area contributed by atoms with E-state index < -0.39 is 24.2 Å². The first-order chi connectivity index (χ1) is 7.41. The molecule has 2 N–H and O–H groups in total. The standard InChI is InChI=1S/C9H13F3N2O2/c1-2-3-4-7-13-8(9(10,11)12)6(5-15)14(7)16/h15-16H,2-5H2,1H3. The van der Waals surface area contributed by atoms with Crippen molar-refractivity contribution in [1.29, 1.82) is 0 Å². The number of alkyl halides is 3. The maximum Gasteiger partial charge on any atom is 0.435 e. The van der Waals surface area contributed by atoms with Crippen LogP contribution in [0.2, 0.25) is 0 Å². The number of nitrogens with zero attached hydrogens (tertiary/aromatic N) is 2. The largest absolute Gasteiger partial charge is 0.435 e. The van der Waals surface area contributed by atoms with E-state index in [-0.39, 0.29) is 12.2 Å². The lowest BCUT2D eigenvalue weighted by atomic mass is 10.2. The fourth-order valence-electron chi connectivity index (χ4n) is 1.36. The molecule has 0 saturated heterocycles. The van der Waals surface area contributed by atoms with Gasteiger partial charge in [-0.1, -0.05) is 13.3 Å². The molecule has 0 bridgehead atoms. The van der Waals surface area contributed by atoms with E-state index in [0.717, 1.165) is 6.42 Å². The van der Waals surface area contributed by atoms with Gasteiger partial charge in [-0.05, 0) is 6.42 Å². The Morgan fingerprint density at radius 2 is 2.00 bits per heavy atom. The normalized spacial score (nSPS) is 12.1. The molecule has 7 heteroatoms. The molecule has 1 aromatic rings. The van der Waals surface area contributed by atoms with Gasteiger partial charge in [0.25, 0.3) is 0 Å². The number of aromatic nitrogens is 2. The minimum absolute atomic E-state index is 0.0711. The highest BCUT2D eigenvalue weighted by Crippen LogP contribution is 2.31. The second kappa shape index (κ2) is 4.73. The average molecular weight is 238 g/mol. The Morgan fingerprint density at radius 1 is 1.38 bits per heavy atom. The topological polar surface area (TPSA) is 58.3 Å². The molecule has 0 aliphatic heterocycles. The Labute approximate surface area is 90.3 Å². The third-order valence-electron chi connectivity index (χ3n) is 2.19. The molecule has 0 aromatic carbocycles. The summed E-state index contributed by atoms with van der Waals surface area (Å²) in [7, 11) is 0. The minimum atomic E-state index is -4.66. The van der Waals surface area contributed by atoms with E-state index in [1.54, 1.807) is 0 Å². The van der Waals surface area contributed by atoms with Crippen LogP contribution in [0.1, 0.15) is 37.0 Å². The molecule has 0 radical (unpaired) electrons. The van der Waals surface area contributed by atoms with Crippen LogP contribution in [0.15, 0.2) is 0 Å². The van der Waals surface area contributed by atoms with Crippen LogP contribution in [-0.4, -0.2) is 20.0 Å². The maximum absolute atomic E-state index is 12.5. The van der Waals surface area contributed by atoms with Crippen LogP contribution in [0.25, 0.3) is 0 Å².